The number of nitrogens with one attached hydrogen (secondary N) is 1. The van der Waals surface area contributed by atoms with Gasteiger partial charge in [-0.25, -0.2) is 4.98 Å². The van der Waals surface area contributed by atoms with E-state index in [1.165, 1.54) is 24.4 Å². The molecule has 1 fully saturated rings. The first-order valence-corrected chi connectivity index (χ1v) is 6.74. The molecule has 2 aliphatic rings. The van der Waals surface area contributed by atoms with Gasteiger partial charge in [0, 0.05) is 43.4 Å². The highest BCUT2D eigenvalue weighted by Gasteiger charge is 2.23. The van der Waals surface area contributed by atoms with Crippen LogP contribution in [0.3, 0.4) is 0 Å². The predicted molar refractivity (Wildman–Crippen MR) is 65.9 cm³/mol. The van der Waals surface area contributed by atoms with Crippen LogP contribution in [0, 0.1) is 5.92 Å². The maximum Gasteiger partial charge on any atom is 0.110 e. The number of hydrogen-bond donors (Lipinski definition) is 2. The molecular weight excluding hydrogens is 214 g/mol. The Morgan fingerprint density at radius 2 is 2.41 bits per heavy atom. The van der Waals surface area contributed by atoms with E-state index in [2.05, 4.69) is 14.9 Å². The Hall–Kier alpha value is -0.870. The van der Waals surface area contributed by atoms with Gasteiger partial charge < -0.3 is 15.0 Å². The molecule has 0 aliphatic carbocycles. The molecule has 3 rings (SSSR count). The molecule has 1 aromatic heterocycles. The highest BCUT2D eigenvalue weighted by atomic mass is 16.3. The van der Waals surface area contributed by atoms with Crippen molar-refractivity contribution in [3.8, 4) is 0 Å². The molecule has 0 amide bonds. The molecule has 2 atom stereocenters. The molecule has 3 heterocycles. The Bertz CT molecular complexity index is 382. The van der Waals surface area contributed by atoms with Gasteiger partial charge in [-0.15, -0.1) is 0 Å². The number of imidazole rings is 1. The average molecular weight is 235 g/mol. The smallest absolute Gasteiger partial charge is 0.110 e. The fourth-order valence-electron chi connectivity index (χ4n) is 3.04. The minimum absolute atomic E-state index is 0.304. The maximum absolute atomic E-state index is 9.28. The molecule has 4 nitrogen and oxygen atoms in total. The Kier molecular flexibility index (Phi) is 3.16. The summed E-state index contributed by atoms with van der Waals surface area (Å²) < 4.78 is 2.34. The van der Waals surface area contributed by atoms with Gasteiger partial charge in [0.15, 0.2) is 0 Å². The molecule has 94 valence electrons. The number of hydrogen-bond acceptors (Lipinski definition) is 3. The molecule has 4 heteroatoms. The van der Waals surface area contributed by atoms with E-state index in [9.17, 15) is 5.11 Å². The minimum atomic E-state index is 0.304. The lowest BCUT2D eigenvalue weighted by Crippen LogP contribution is -2.28. The summed E-state index contributed by atoms with van der Waals surface area (Å²) in [5, 5.41) is 12.8. The number of nitrogens with zero attached hydrogens (tertiary/aromatic N) is 2. The molecular formula is C13H21N3O. The lowest BCUT2D eigenvalue weighted by Gasteiger charge is -2.24. The zero-order valence-corrected chi connectivity index (χ0v) is 10.2. The van der Waals surface area contributed by atoms with Gasteiger partial charge in [-0.05, 0) is 32.2 Å². The van der Waals surface area contributed by atoms with Gasteiger partial charge in [-0.3, -0.25) is 0 Å². The number of aromatic nitrogens is 2. The molecule has 2 aliphatic heterocycles. The van der Waals surface area contributed by atoms with E-state index in [-0.39, 0.29) is 0 Å². The largest absolute Gasteiger partial charge is 0.396 e. The minimum Gasteiger partial charge on any atom is -0.396 e. The zero-order chi connectivity index (χ0) is 11.7. The number of aliphatic hydroxyl groups is 1. The quantitative estimate of drug-likeness (QED) is 0.812. The van der Waals surface area contributed by atoms with Crippen molar-refractivity contribution < 1.29 is 5.11 Å². The summed E-state index contributed by atoms with van der Waals surface area (Å²) in [4.78, 5) is 4.57. The molecule has 1 saturated heterocycles. The molecule has 0 saturated carbocycles. The fraction of sp³-hybridized carbons (Fsp3) is 0.769. The summed E-state index contributed by atoms with van der Waals surface area (Å²) in [5.41, 5.74) is 1.35. The summed E-state index contributed by atoms with van der Waals surface area (Å²) in [6.07, 6.45) is 7.79. The average Bonchev–Trinajstić information content (AvgIpc) is 2.99. The monoisotopic (exact) mass is 235 g/mol. The SMILES string of the molecule is OCC1CCc2cnc(CC3CCCN3)n2C1. The molecule has 1 aromatic rings. The van der Waals surface area contributed by atoms with Crippen LogP contribution in [-0.2, 0) is 19.4 Å². The van der Waals surface area contributed by atoms with Crippen molar-refractivity contribution in [3.05, 3.63) is 17.7 Å². The van der Waals surface area contributed by atoms with E-state index in [0.717, 1.165) is 32.4 Å². The van der Waals surface area contributed by atoms with Crippen LogP contribution in [0.2, 0.25) is 0 Å². The standard InChI is InChI=1S/C13H21N3O/c17-9-10-3-4-12-7-15-13(16(12)8-10)6-11-2-1-5-14-11/h7,10-11,14,17H,1-6,8-9H2. The molecule has 0 aromatic carbocycles. The van der Waals surface area contributed by atoms with Crippen molar-refractivity contribution in [2.45, 2.75) is 44.7 Å². The molecule has 0 radical (unpaired) electrons. The topological polar surface area (TPSA) is 50.1 Å². The van der Waals surface area contributed by atoms with Crippen molar-refractivity contribution in [1.29, 1.82) is 0 Å². The van der Waals surface area contributed by atoms with E-state index in [1.54, 1.807) is 0 Å². The number of aliphatic hydroxyl groups excluding tert-OH is 1. The molecule has 0 spiro atoms. The Balaban J connectivity index is 1.74. The number of fused-ring (bicyclic) bond motifs is 1. The van der Waals surface area contributed by atoms with Crippen LogP contribution in [0.15, 0.2) is 6.20 Å². The van der Waals surface area contributed by atoms with E-state index >= 15 is 0 Å². The maximum atomic E-state index is 9.28. The van der Waals surface area contributed by atoms with Crippen LogP contribution >= 0.6 is 0 Å². The summed E-state index contributed by atoms with van der Waals surface area (Å²) in [7, 11) is 0. The van der Waals surface area contributed by atoms with Gasteiger partial charge in [0.2, 0.25) is 0 Å². The van der Waals surface area contributed by atoms with Crippen molar-refractivity contribution >= 4 is 0 Å². The van der Waals surface area contributed by atoms with E-state index in [0.29, 0.717) is 18.6 Å². The Morgan fingerprint density at radius 3 is 3.18 bits per heavy atom. The zero-order valence-electron chi connectivity index (χ0n) is 10.2. The lowest BCUT2D eigenvalue weighted by molar-refractivity contribution is 0.190. The van der Waals surface area contributed by atoms with Crippen molar-refractivity contribution in [1.82, 2.24) is 14.9 Å². The van der Waals surface area contributed by atoms with Crippen LogP contribution in [0.1, 0.15) is 30.8 Å². The van der Waals surface area contributed by atoms with Crippen LogP contribution in [-0.4, -0.2) is 33.9 Å². The normalized spacial score (nSPS) is 28.3. The first-order chi connectivity index (χ1) is 8.36. The second-order valence-electron chi connectivity index (χ2n) is 5.36. The molecule has 2 N–H and O–H groups in total. The van der Waals surface area contributed by atoms with Gasteiger partial charge in [0.25, 0.3) is 0 Å². The summed E-state index contributed by atoms with van der Waals surface area (Å²) in [5.74, 6) is 1.63. The van der Waals surface area contributed by atoms with Crippen LogP contribution in [0.5, 0.6) is 0 Å². The summed E-state index contributed by atoms with van der Waals surface area (Å²) in [6.45, 7) is 2.41. The van der Waals surface area contributed by atoms with E-state index < -0.39 is 0 Å². The summed E-state index contributed by atoms with van der Waals surface area (Å²) in [6, 6.07) is 0.607. The van der Waals surface area contributed by atoms with Crippen molar-refractivity contribution in [2.75, 3.05) is 13.2 Å². The second-order valence-corrected chi connectivity index (χ2v) is 5.36. The third-order valence-electron chi connectivity index (χ3n) is 4.12. The molecule has 17 heavy (non-hydrogen) atoms. The number of aryl methyl sites for hydroxylation is 1. The van der Waals surface area contributed by atoms with Crippen LogP contribution < -0.4 is 5.32 Å². The van der Waals surface area contributed by atoms with Gasteiger partial charge in [-0.2, -0.15) is 0 Å². The second kappa shape index (κ2) is 4.78. The first-order valence-electron chi connectivity index (χ1n) is 6.74. The summed E-state index contributed by atoms with van der Waals surface area (Å²) >= 11 is 0. The Morgan fingerprint density at radius 1 is 1.47 bits per heavy atom. The van der Waals surface area contributed by atoms with Gasteiger partial charge >= 0.3 is 0 Å². The van der Waals surface area contributed by atoms with Gasteiger partial charge in [-0.1, -0.05) is 0 Å². The van der Waals surface area contributed by atoms with Gasteiger partial charge in [0.05, 0.1) is 0 Å². The lowest BCUT2D eigenvalue weighted by atomic mass is 9.99. The van der Waals surface area contributed by atoms with Crippen LogP contribution in [0.25, 0.3) is 0 Å². The van der Waals surface area contributed by atoms with E-state index in [1.807, 2.05) is 6.20 Å². The fourth-order valence-corrected chi connectivity index (χ4v) is 3.04. The third-order valence-corrected chi connectivity index (χ3v) is 4.12. The molecule has 0 bridgehead atoms. The highest BCUT2D eigenvalue weighted by Crippen LogP contribution is 2.22. The predicted octanol–water partition coefficient (Wildman–Crippen LogP) is 0.732. The van der Waals surface area contributed by atoms with Crippen molar-refractivity contribution in [2.24, 2.45) is 5.92 Å². The van der Waals surface area contributed by atoms with Gasteiger partial charge in [0.1, 0.15) is 5.82 Å². The van der Waals surface area contributed by atoms with Crippen molar-refractivity contribution in [3.63, 3.8) is 0 Å². The number of rotatable bonds is 3. The first kappa shape index (κ1) is 11.2. The third kappa shape index (κ3) is 2.24. The highest BCUT2D eigenvalue weighted by molar-refractivity contribution is 5.10. The van der Waals surface area contributed by atoms with E-state index in [4.69, 9.17) is 0 Å². The van der Waals surface area contributed by atoms with Crippen LogP contribution in [0.4, 0.5) is 0 Å². The Labute approximate surface area is 102 Å². The molecule has 2 unspecified atom stereocenters.